The predicted octanol–water partition coefficient (Wildman–Crippen LogP) is 2.23. The summed E-state index contributed by atoms with van der Waals surface area (Å²) in [5, 5.41) is 6.06. The van der Waals surface area contributed by atoms with Crippen molar-refractivity contribution in [3.05, 3.63) is 54.2 Å². The number of amides is 1. The first kappa shape index (κ1) is 14.5. The molecule has 0 atom stereocenters. The summed E-state index contributed by atoms with van der Waals surface area (Å²) in [6.45, 7) is 6.09. The summed E-state index contributed by atoms with van der Waals surface area (Å²) in [5.74, 6) is 0.188. The number of primary amides is 1. The zero-order valence-electron chi connectivity index (χ0n) is 11.8. The van der Waals surface area contributed by atoms with Gasteiger partial charge < -0.3 is 16.4 Å². The van der Waals surface area contributed by atoms with Crippen molar-refractivity contribution >= 4 is 23.4 Å². The number of benzene rings is 1. The average Bonchev–Trinajstić information content (AvgIpc) is 2.45. The molecule has 0 aliphatic heterocycles. The minimum atomic E-state index is -0.580. The number of hydrogen-bond acceptors (Lipinski definition) is 5. The van der Waals surface area contributed by atoms with Crippen molar-refractivity contribution in [2.75, 3.05) is 17.2 Å². The van der Waals surface area contributed by atoms with Crippen LogP contribution in [0.2, 0.25) is 0 Å². The molecule has 108 valence electrons. The largest absolute Gasteiger partial charge is 0.366 e. The Morgan fingerprint density at radius 3 is 2.95 bits per heavy atom. The van der Waals surface area contributed by atoms with Crippen LogP contribution in [-0.2, 0) is 0 Å². The minimum Gasteiger partial charge on any atom is -0.366 e. The number of anilines is 3. The van der Waals surface area contributed by atoms with Gasteiger partial charge in [-0.25, -0.2) is 4.98 Å². The summed E-state index contributed by atoms with van der Waals surface area (Å²) in [5.41, 5.74) is 7.54. The average molecular weight is 283 g/mol. The molecular weight excluding hydrogens is 266 g/mol. The summed E-state index contributed by atoms with van der Waals surface area (Å²) in [6, 6.07) is 7.82. The van der Waals surface area contributed by atoms with Crippen LogP contribution < -0.4 is 16.4 Å². The Balaban J connectivity index is 2.28. The van der Waals surface area contributed by atoms with E-state index in [2.05, 4.69) is 27.2 Å². The molecule has 1 amide bonds. The van der Waals surface area contributed by atoms with Crippen LogP contribution in [0, 0.1) is 6.92 Å². The molecule has 2 aromatic rings. The van der Waals surface area contributed by atoms with Crippen LogP contribution in [0.25, 0.3) is 0 Å². The van der Waals surface area contributed by atoms with E-state index in [1.165, 1.54) is 6.20 Å². The van der Waals surface area contributed by atoms with E-state index >= 15 is 0 Å². The van der Waals surface area contributed by atoms with Crippen molar-refractivity contribution in [2.45, 2.75) is 6.92 Å². The number of rotatable bonds is 6. The summed E-state index contributed by atoms with van der Waals surface area (Å²) in [6.07, 6.45) is 3.07. The summed E-state index contributed by atoms with van der Waals surface area (Å²) in [7, 11) is 0. The highest BCUT2D eigenvalue weighted by molar-refractivity contribution is 5.97. The lowest BCUT2D eigenvalue weighted by atomic mass is 10.2. The normalized spacial score (nSPS) is 9.95. The lowest BCUT2D eigenvalue weighted by Crippen LogP contribution is -2.17. The lowest BCUT2D eigenvalue weighted by Gasteiger charge is -2.10. The van der Waals surface area contributed by atoms with Gasteiger partial charge >= 0.3 is 0 Å². The smallest absolute Gasteiger partial charge is 0.254 e. The fourth-order valence-corrected chi connectivity index (χ4v) is 1.78. The van der Waals surface area contributed by atoms with Crippen molar-refractivity contribution in [3.63, 3.8) is 0 Å². The second kappa shape index (κ2) is 6.51. The molecule has 1 aromatic carbocycles. The van der Waals surface area contributed by atoms with Crippen LogP contribution >= 0.6 is 0 Å². The Hall–Kier alpha value is -2.89. The summed E-state index contributed by atoms with van der Waals surface area (Å²) < 4.78 is 0. The number of carbonyl (C=O) groups is 1. The van der Waals surface area contributed by atoms with Crippen LogP contribution in [0.5, 0.6) is 0 Å². The Morgan fingerprint density at radius 2 is 2.29 bits per heavy atom. The first-order chi connectivity index (χ1) is 10.1. The van der Waals surface area contributed by atoms with Gasteiger partial charge in [-0.05, 0) is 24.6 Å². The van der Waals surface area contributed by atoms with Gasteiger partial charge in [0.2, 0.25) is 5.95 Å². The van der Waals surface area contributed by atoms with Gasteiger partial charge in [0.15, 0.2) is 0 Å². The number of aryl methyl sites for hydroxylation is 1. The van der Waals surface area contributed by atoms with E-state index in [1.54, 1.807) is 6.08 Å². The molecule has 0 spiro atoms. The third-order valence-electron chi connectivity index (χ3n) is 2.74. The molecule has 0 aliphatic carbocycles. The highest BCUT2D eigenvalue weighted by atomic mass is 16.1. The fraction of sp³-hybridized carbons (Fsp3) is 0.133. The number of aromatic nitrogens is 2. The standard InChI is InChI=1S/C15H17N5O/c1-3-7-17-14-12(13(16)21)9-18-15(20-14)19-11-6-4-5-10(2)8-11/h3-6,8-9H,1,7H2,2H3,(H2,16,21)(H2,17,18,19,20). The third kappa shape index (κ3) is 3.79. The maximum absolute atomic E-state index is 11.4. The predicted molar refractivity (Wildman–Crippen MR) is 83.7 cm³/mol. The molecule has 0 bridgehead atoms. The Morgan fingerprint density at radius 1 is 1.48 bits per heavy atom. The van der Waals surface area contributed by atoms with Crippen LogP contribution in [0.3, 0.4) is 0 Å². The first-order valence-corrected chi connectivity index (χ1v) is 6.45. The highest BCUT2D eigenvalue weighted by Gasteiger charge is 2.11. The fourth-order valence-electron chi connectivity index (χ4n) is 1.78. The van der Waals surface area contributed by atoms with Gasteiger partial charge in [-0.2, -0.15) is 4.98 Å². The molecule has 0 saturated heterocycles. The van der Waals surface area contributed by atoms with E-state index in [9.17, 15) is 4.79 Å². The van der Waals surface area contributed by atoms with Crippen molar-refractivity contribution in [1.82, 2.24) is 9.97 Å². The van der Waals surface area contributed by atoms with Crippen molar-refractivity contribution in [2.24, 2.45) is 5.73 Å². The molecule has 4 N–H and O–H groups in total. The van der Waals surface area contributed by atoms with Crippen LogP contribution in [-0.4, -0.2) is 22.4 Å². The van der Waals surface area contributed by atoms with Gasteiger partial charge in [-0.15, -0.1) is 6.58 Å². The molecule has 1 aromatic heterocycles. The second-order valence-corrected chi connectivity index (χ2v) is 4.48. The van der Waals surface area contributed by atoms with E-state index in [0.29, 0.717) is 18.3 Å². The monoisotopic (exact) mass is 283 g/mol. The van der Waals surface area contributed by atoms with Crippen LogP contribution in [0.4, 0.5) is 17.5 Å². The van der Waals surface area contributed by atoms with Gasteiger partial charge in [0.25, 0.3) is 5.91 Å². The lowest BCUT2D eigenvalue weighted by molar-refractivity contribution is 0.100. The zero-order chi connectivity index (χ0) is 15.2. The number of hydrogen-bond donors (Lipinski definition) is 3. The molecule has 6 nitrogen and oxygen atoms in total. The summed E-state index contributed by atoms with van der Waals surface area (Å²) in [4.78, 5) is 19.7. The van der Waals surface area contributed by atoms with E-state index in [4.69, 9.17) is 5.73 Å². The Labute approximate surface area is 123 Å². The molecular formula is C15H17N5O. The van der Waals surface area contributed by atoms with Crippen molar-refractivity contribution in [3.8, 4) is 0 Å². The van der Waals surface area contributed by atoms with Crippen LogP contribution in [0.15, 0.2) is 43.1 Å². The quantitative estimate of drug-likeness (QED) is 0.707. The van der Waals surface area contributed by atoms with E-state index in [1.807, 2.05) is 31.2 Å². The number of nitrogens with one attached hydrogen (secondary N) is 2. The molecule has 2 rings (SSSR count). The number of carbonyl (C=O) groups excluding carboxylic acids is 1. The van der Waals surface area contributed by atoms with E-state index in [-0.39, 0.29) is 5.56 Å². The van der Waals surface area contributed by atoms with Gasteiger partial charge in [-0.1, -0.05) is 18.2 Å². The number of nitrogens with two attached hydrogens (primary N) is 1. The minimum absolute atomic E-state index is 0.242. The SMILES string of the molecule is C=CCNc1nc(Nc2cccc(C)c2)ncc1C(N)=O. The molecule has 0 saturated carbocycles. The second-order valence-electron chi connectivity index (χ2n) is 4.48. The van der Waals surface area contributed by atoms with E-state index in [0.717, 1.165) is 11.3 Å². The van der Waals surface area contributed by atoms with Crippen molar-refractivity contribution < 1.29 is 4.79 Å². The Kier molecular flexibility index (Phi) is 4.50. The molecule has 1 heterocycles. The molecule has 0 fully saturated rings. The number of nitrogens with zero attached hydrogens (tertiary/aromatic N) is 2. The van der Waals surface area contributed by atoms with Gasteiger partial charge in [0.05, 0.1) is 5.56 Å². The third-order valence-corrected chi connectivity index (χ3v) is 2.74. The Bertz CT molecular complexity index is 669. The molecule has 0 unspecified atom stereocenters. The highest BCUT2D eigenvalue weighted by Crippen LogP contribution is 2.18. The molecule has 0 radical (unpaired) electrons. The van der Waals surface area contributed by atoms with Gasteiger partial charge in [-0.3, -0.25) is 4.79 Å². The van der Waals surface area contributed by atoms with E-state index < -0.39 is 5.91 Å². The van der Waals surface area contributed by atoms with Gasteiger partial charge in [0, 0.05) is 18.4 Å². The first-order valence-electron chi connectivity index (χ1n) is 6.45. The van der Waals surface area contributed by atoms with Crippen molar-refractivity contribution in [1.29, 1.82) is 0 Å². The van der Waals surface area contributed by atoms with Gasteiger partial charge in [0.1, 0.15) is 5.82 Å². The van der Waals surface area contributed by atoms with Crippen LogP contribution in [0.1, 0.15) is 15.9 Å². The molecule has 0 aliphatic rings. The topological polar surface area (TPSA) is 92.9 Å². The zero-order valence-corrected chi connectivity index (χ0v) is 11.8. The summed E-state index contributed by atoms with van der Waals surface area (Å²) >= 11 is 0. The molecule has 6 heteroatoms. The maximum atomic E-state index is 11.4. The maximum Gasteiger partial charge on any atom is 0.254 e. The molecule has 21 heavy (non-hydrogen) atoms.